The maximum Gasteiger partial charge on any atom is 0.410 e. The van der Waals surface area contributed by atoms with Gasteiger partial charge in [-0.15, -0.1) is 0 Å². The van der Waals surface area contributed by atoms with E-state index in [4.69, 9.17) is 16.3 Å². The van der Waals surface area contributed by atoms with E-state index in [0.29, 0.717) is 11.7 Å². The monoisotopic (exact) mass is 502 g/mol. The minimum absolute atomic E-state index is 0.0764. The van der Waals surface area contributed by atoms with Gasteiger partial charge in [0.05, 0.1) is 11.5 Å². The molecule has 1 N–H and O–H groups in total. The highest BCUT2D eigenvalue weighted by atomic mass is 35.5. The zero-order valence-corrected chi connectivity index (χ0v) is 20.6. The van der Waals surface area contributed by atoms with Crippen molar-refractivity contribution in [2.75, 3.05) is 7.05 Å². The van der Waals surface area contributed by atoms with Gasteiger partial charge in [0.15, 0.2) is 6.10 Å². The smallest absolute Gasteiger partial charge is 0.410 e. The van der Waals surface area contributed by atoms with Crippen molar-refractivity contribution in [2.24, 2.45) is 0 Å². The molecular formula is C28H23ClN2O3S. The number of fused-ring (bicyclic) bond motifs is 3. The minimum atomic E-state index is -0.455. The lowest BCUT2D eigenvalue weighted by atomic mass is 10.1. The maximum atomic E-state index is 13.2. The fourth-order valence-electron chi connectivity index (χ4n) is 4.28. The fraction of sp³-hybridized carbons (Fsp3) is 0.143. The molecule has 0 unspecified atom stereocenters. The first-order chi connectivity index (χ1) is 17.1. The van der Waals surface area contributed by atoms with Crippen LogP contribution in [0, 0.1) is 0 Å². The zero-order valence-electron chi connectivity index (χ0n) is 19.0. The summed E-state index contributed by atoms with van der Waals surface area (Å²) in [6.07, 6.45) is 0.743. The summed E-state index contributed by atoms with van der Waals surface area (Å²) in [7, 11) is 1.71. The van der Waals surface area contributed by atoms with Gasteiger partial charge >= 0.3 is 6.09 Å². The van der Waals surface area contributed by atoms with Gasteiger partial charge in [0, 0.05) is 35.8 Å². The van der Waals surface area contributed by atoms with Crippen molar-refractivity contribution >= 4 is 29.5 Å². The number of hydrogen-bond acceptors (Lipinski definition) is 5. The quantitative estimate of drug-likeness (QED) is 0.297. The Labute approximate surface area is 213 Å². The van der Waals surface area contributed by atoms with Gasteiger partial charge in [-0.25, -0.2) is 9.78 Å². The maximum absolute atomic E-state index is 13.2. The lowest BCUT2D eigenvalue weighted by molar-refractivity contribution is 0.0841. The van der Waals surface area contributed by atoms with Crippen LogP contribution in [0.15, 0.2) is 94.9 Å². The van der Waals surface area contributed by atoms with E-state index in [2.05, 4.69) is 17.1 Å². The molecular weight excluding hydrogens is 480 g/mol. The Morgan fingerprint density at radius 2 is 1.60 bits per heavy atom. The van der Waals surface area contributed by atoms with E-state index in [0.717, 1.165) is 43.2 Å². The number of amides is 1. The molecule has 4 aromatic rings. The molecule has 0 aliphatic heterocycles. The number of aliphatic hydroxyl groups excluding tert-OH is 1. The molecule has 1 aliphatic rings. The number of benzene rings is 3. The lowest BCUT2D eigenvalue weighted by Crippen LogP contribution is -2.28. The molecule has 5 nitrogen and oxygen atoms in total. The van der Waals surface area contributed by atoms with Crippen molar-refractivity contribution in [3.8, 4) is 11.1 Å². The number of hydrogen-bond donors (Lipinski definition) is 1. The molecule has 1 aliphatic carbocycles. The van der Waals surface area contributed by atoms with Gasteiger partial charge in [0.1, 0.15) is 5.15 Å². The van der Waals surface area contributed by atoms with Gasteiger partial charge < -0.3 is 14.7 Å². The van der Waals surface area contributed by atoms with E-state index < -0.39 is 12.2 Å². The molecule has 5 rings (SSSR count). The summed E-state index contributed by atoms with van der Waals surface area (Å²) >= 11 is 7.89. The number of aromatic nitrogens is 1. The van der Waals surface area contributed by atoms with Gasteiger partial charge in [-0.05, 0) is 34.4 Å². The standard InChI is InChI=1S/C28H23ClN2O3S/c1-31(16-18-14-15-30-27(29)26(18)35-24-13-7-2-8-19(24)17-32)28(33)34-25-22-11-5-3-9-20(22)21-10-4-6-12-23(21)25/h2-15,25,32H,16-17H2,1H3. The molecule has 3 aromatic carbocycles. The van der Waals surface area contributed by atoms with Gasteiger partial charge in [-0.3, -0.25) is 0 Å². The number of carbonyl (C=O) groups excluding carboxylic acids is 1. The lowest BCUT2D eigenvalue weighted by Gasteiger charge is -2.22. The second-order valence-corrected chi connectivity index (χ2v) is 9.66. The second-order valence-electron chi connectivity index (χ2n) is 8.25. The molecule has 0 bridgehead atoms. The normalized spacial score (nSPS) is 12.2. The average Bonchev–Trinajstić information content (AvgIpc) is 3.20. The predicted octanol–water partition coefficient (Wildman–Crippen LogP) is 6.72. The average molecular weight is 503 g/mol. The summed E-state index contributed by atoms with van der Waals surface area (Å²) in [5.41, 5.74) is 5.79. The van der Waals surface area contributed by atoms with Crippen molar-refractivity contribution in [3.63, 3.8) is 0 Å². The number of carbonyl (C=O) groups is 1. The molecule has 35 heavy (non-hydrogen) atoms. The van der Waals surface area contributed by atoms with Crippen LogP contribution in [0.1, 0.15) is 28.4 Å². The first kappa shape index (κ1) is 23.4. The summed E-state index contributed by atoms with van der Waals surface area (Å²) in [5.74, 6) is 0. The summed E-state index contributed by atoms with van der Waals surface area (Å²) in [4.78, 5) is 20.6. The summed E-state index contributed by atoms with van der Waals surface area (Å²) in [6.45, 7) is 0.216. The number of halogens is 1. The Balaban J connectivity index is 1.37. The van der Waals surface area contributed by atoms with Crippen LogP contribution >= 0.6 is 23.4 Å². The first-order valence-electron chi connectivity index (χ1n) is 11.2. The third kappa shape index (κ3) is 4.65. The number of rotatable bonds is 6. The Morgan fingerprint density at radius 1 is 0.971 bits per heavy atom. The molecule has 1 amide bonds. The largest absolute Gasteiger partial charge is 0.436 e. The van der Waals surface area contributed by atoms with E-state index in [9.17, 15) is 9.90 Å². The van der Waals surface area contributed by atoms with Crippen molar-refractivity contribution < 1.29 is 14.6 Å². The third-order valence-electron chi connectivity index (χ3n) is 6.01. The minimum Gasteiger partial charge on any atom is -0.436 e. The molecule has 176 valence electrons. The molecule has 0 radical (unpaired) electrons. The van der Waals surface area contributed by atoms with Crippen LogP contribution in [-0.4, -0.2) is 28.1 Å². The Bertz CT molecular complexity index is 1350. The highest BCUT2D eigenvalue weighted by molar-refractivity contribution is 7.99. The van der Waals surface area contributed by atoms with Crippen LogP contribution < -0.4 is 0 Å². The van der Waals surface area contributed by atoms with Crippen LogP contribution in [-0.2, 0) is 17.9 Å². The molecule has 7 heteroatoms. The predicted molar refractivity (Wildman–Crippen MR) is 137 cm³/mol. The van der Waals surface area contributed by atoms with Gasteiger partial charge in [0.2, 0.25) is 0 Å². The Kier molecular flexibility index (Phi) is 6.77. The van der Waals surface area contributed by atoms with E-state index in [1.807, 2.05) is 66.7 Å². The van der Waals surface area contributed by atoms with Crippen LogP contribution in [0.4, 0.5) is 4.79 Å². The molecule has 1 heterocycles. The first-order valence-corrected chi connectivity index (χ1v) is 12.4. The Morgan fingerprint density at radius 3 is 2.29 bits per heavy atom. The molecule has 0 saturated carbocycles. The summed E-state index contributed by atoms with van der Waals surface area (Å²) < 4.78 is 6.02. The van der Waals surface area contributed by atoms with Crippen LogP contribution in [0.3, 0.4) is 0 Å². The highest BCUT2D eigenvalue weighted by Gasteiger charge is 2.32. The van der Waals surface area contributed by atoms with E-state index in [-0.39, 0.29) is 6.61 Å². The van der Waals surface area contributed by atoms with Gasteiger partial charge in [-0.2, -0.15) is 0 Å². The Hall–Kier alpha value is -3.32. The fourth-order valence-corrected chi connectivity index (χ4v) is 5.61. The number of nitrogens with zero attached hydrogens (tertiary/aromatic N) is 2. The number of aliphatic hydroxyl groups is 1. The van der Waals surface area contributed by atoms with Crippen molar-refractivity contribution in [1.82, 2.24) is 9.88 Å². The SMILES string of the molecule is CN(Cc1ccnc(Cl)c1Sc1ccccc1CO)C(=O)OC1c2ccccc2-c2ccccc21. The third-order valence-corrected chi connectivity index (χ3v) is 7.69. The van der Waals surface area contributed by atoms with E-state index in [1.54, 1.807) is 13.2 Å². The summed E-state index contributed by atoms with van der Waals surface area (Å²) in [6, 6.07) is 25.5. The topological polar surface area (TPSA) is 62.7 Å². The van der Waals surface area contributed by atoms with Crippen LogP contribution in [0.5, 0.6) is 0 Å². The van der Waals surface area contributed by atoms with Crippen molar-refractivity contribution in [2.45, 2.75) is 29.0 Å². The number of ether oxygens (including phenoxy) is 1. The van der Waals surface area contributed by atoms with Crippen LogP contribution in [0.25, 0.3) is 11.1 Å². The van der Waals surface area contributed by atoms with Gasteiger partial charge in [-0.1, -0.05) is 90.1 Å². The molecule has 1 aromatic heterocycles. The number of pyridine rings is 1. The summed E-state index contributed by atoms with van der Waals surface area (Å²) in [5, 5.41) is 10.0. The zero-order chi connectivity index (χ0) is 24.4. The van der Waals surface area contributed by atoms with Crippen molar-refractivity contribution in [1.29, 1.82) is 0 Å². The molecule has 0 fully saturated rings. The van der Waals surface area contributed by atoms with Gasteiger partial charge in [0.25, 0.3) is 0 Å². The van der Waals surface area contributed by atoms with Crippen LogP contribution in [0.2, 0.25) is 5.15 Å². The van der Waals surface area contributed by atoms with E-state index in [1.165, 1.54) is 16.7 Å². The molecule has 0 atom stereocenters. The van der Waals surface area contributed by atoms with Crippen molar-refractivity contribution in [3.05, 3.63) is 112 Å². The molecule has 0 saturated heterocycles. The van der Waals surface area contributed by atoms with E-state index >= 15 is 0 Å². The second kappa shape index (κ2) is 10.1. The molecule has 0 spiro atoms. The highest BCUT2D eigenvalue weighted by Crippen LogP contribution is 2.45.